The molecule has 4 nitrogen and oxygen atoms in total. The Morgan fingerprint density at radius 2 is 1.70 bits per heavy atom. The fourth-order valence-electron chi connectivity index (χ4n) is 6.11. The maximum atomic E-state index is 12.7. The third-order valence-electron chi connectivity index (χ3n) is 5.73. The molecule has 112 valence electrons. The van der Waals surface area contributed by atoms with Crippen LogP contribution in [-0.2, 0) is 14.3 Å². The molecule has 4 fully saturated rings. The number of nitrogens with one attached hydrogen (secondary N) is 1. The highest BCUT2D eigenvalue weighted by Crippen LogP contribution is 2.69. The van der Waals surface area contributed by atoms with Gasteiger partial charge < -0.3 is 10.1 Å². The number of ether oxygens (including phenoxy) is 1. The molecule has 0 aromatic heterocycles. The molecule has 0 aromatic carbocycles. The highest BCUT2D eigenvalue weighted by atomic mass is 16.5. The minimum Gasteiger partial charge on any atom is -0.468 e. The number of hydrogen-bond donors (Lipinski definition) is 1. The Balaban J connectivity index is 1.78. The first-order valence-electron chi connectivity index (χ1n) is 7.63. The summed E-state index contributed by atoms with van der Waals surface area (Å²) in [6, 6.07) is 0. The first-order valence-corrected chi connectivity index (χ1v) is 7.63. The lowest BCUT2D eigenvalue weighted by Gasteiger charge is -2.64. The van der Waals surface area contributed by atoms with E-state index in [1.54, 1.807) is 0 Å². The third-order valence-corrected chi connectivity index (χ3v) is 5.73. The lowest BCUT2D eigenvalue weighted by atomic mass is 9.40. The Morgan fingerprint density at radius 1 is 1.10 bits per heavy atom. The normalized spacial score (nSPS) is 45.2. The topological polar surface area (TPSA) is 55.4 Å². The second-order valence-electron chi connectivity index (χ2n) is 8.17. The molecule has 0 heterocycles. The third kappa shape index (κ3) is 2.13. The van der Waals surface area contributed by atoms with Gasteiger partial charge in [-0.1, -0.05) is 13.8 Å². The molecular formula is C16H25NO3. The van der Waals surface area contributed by atoms with Crippen molar-refractivity contribution >= 4 is 11.9 Å². The van der Waals surface area contributed by atoms with Crippen LogP contribution in [0.25, 0.3) is 0 Å². The number of carbonyl (C=O) groups is 2. The molecule has 2 atom stereocenters. The van der Waals surface area contributed by atoms with Crippen LogP contribution in [-0.4, -0.2) is 25.5 Å². The summed E-state index contributed by atoms with van der Waals surface area (Å²) < 4.78 is 4.61. The van der Waals surface area contributed by atoms with Crippen LogP contribution in [0, 0.1) is 22.2 Å². The first-order chi connectivity index (χ1) is 9.28. The van der Waals surface area contributed by atoms with E-state index in [1.165, 1.54) is 26.4 Å². The summed E-state index contributed by atoms with van der Waals surface area (Å²) in [5.41, 5.74) is 0.393. The van der Waals surface area contributed by atoms with Gasteiger partial charge in [0, 0.05) is 0 Å². The van der Waals surface area contributed by atoms with Crippen molar-refractivity contribution in [3.63, 3.8) is 0 Å². The van der Waals surface area contributed by atoms with Crippen LogP contribution in [0.2, 0.25) is 0 Å². The summed E-state index contributed by atoms with van der Waals surface area (Å²) in [4.78, 5) is 23.9. The number of rotatable bonds is 3. The molecule has 4 aliphatic carbocycles. The highest BCUT2D eigenvalue weighted by Gasteiger charge is 2.62. The zero-order valence-electron chi connectivity index (χ0n) is 12.8. The predicted molar refractivity (Wildman–Crippen MR) is 74.9 cm³/mol. The van der Waals surface area contributed by atoms with E-state index in [9.17, 15) is 9.59 Å². The van der Waals surface area contributed by atoms with E-state index in [-0.39, 0.29) is 23.8 Å². The van der Waals surface area contributed by atoms with Crippen LogP contribution in [0.15, 0.2) is 0 Å². The monoisotopic (exact) mass is 279 g/mol. The van der Waals surface area contributed by atoms with Crippen LogP contribution in [0.5, 0.6) is 0 Å². The zero-order chi connectivity index (χ0) is 14.6. The summed E-state index contributed by atoms with van der Waals surface area (Å²) >= 11 is 0. The lowest BCUT2D eigenvalue weighted by molar-refractivity contribution is -0.170. The fourth-order valence-corrected chi connectivity index (χ4v) is 6.11. The number of amides is 1. The van der Waals surface area contributed by atoms with Gasteiger partial charge in [-0.2, -0.15) is 0 Å². The molecular weight excluding hydrogens is 254 g/mol. The van der Waals surface area contributed by atoms with Crippen molar-refractivity contribution in [1.29, 1.82) is 0 Å². The first kappa shape index (κ1) is 13.9. The van der Waals surface area contributed by atoms with E-state index in [1.807, 2.05) is 0 Å². The summed E-state index contributed by atoms with van der Waals surface area (Å²) in [5, 5.41) is 2.81. The van der Waals surface area contributed by atoms with E-state index >= 15 is 0 Å². The second-order valence-corrected chi connectivity index (χ2v) is 8.17. The van der Waals surface area contributed by atoms with E-state index < -0.39 is 0 Å². The largest absolute Gasteiger partial charge is 0.468 e. The van der Waals surface area contributed by atoms with Crippen LogP contribution >= 0.6 is 0 Å². The molecule has 0 spiro atoms. The number of carbonyl (C=O) groups excluding carboxylic acids is 2. The van der Waals surface area contributed by atoms with Crippen molar-refractivity contribution < 1.29 is 14.3 Å². The second kappa shape index (κ2) is 4.22. The fraction of sp³-hybridized carbons (Fsp3) is 0.875. The molecule has 4 aliphatic rings. The molecule has 4 saturated carbocycles. The van der Waals surface area contributed by atoms with E-state index in [2.05, 4.69) is 23.9 Å². The minimum absolute atomic E-state index is 0.00478. The molecule has 0 aliphatic heterocycles. The Hall–Kier alpha value is -1.06. The summed E-state index contributed by atoms with van der Waals surface area (Å²) in [7, 11) is 1.35. The molecule has 20 heavy (non-hydrogen) atoms. The van der Waals surface area contributed by atoms with Crippen molar-refractivity contribution in [2.75, 3.05) is 13.7 Å². The average Bonchev–Trinajstić information content (AvgIpc) is 2.30. The maximum absolute atomic E-state index is 12.7. The maximum Gasteiger partial charge on any atom is 0.325 e. The van der Waals surface area contributed by atoms with Gasteiger partial charge in [-0.15, -0.1) is 0 Å². The lowest BCUT2D eigenvalue weighted by Crippen LogP contribution is -2.60. The number of esters is 1. The van der Waals surface area contributed by atoms with E-state index in [4.69, 9.17) is 0 Å². The average molecular weight is 279 g/mol. The van der Waals surface area contributed by atoms with Crippen LogP contribution in [0.1, 0.15) is 52.4 Å². The van der Waals surface area contributed by atoms with Gasteiger partial charge in [0.2, 0.25) is 5.91 Å². The van der Waals surface area contributed by atoms with Crippen molar-refractivity contribution in [2.24, 2.45) is 22.2 Å². The molecule has 0 radical (unpaired) electrons. The van der Waals surface area contributed by atoms with Crippen molar-refractivity contribution in [1.82, 2.24) is 5.32 Å². The molecule has 0 aromatic rings. The summed E-state index contributed by atoms with van der Waals surface area (Å²) in [5.74, 6) is 0.384. The molecule has 1 N–H and O–H groups in total. The molecule has 2 unspecified atom stereocenters. The van der Waals surface area contributed by atoms with Gasteiger partial charge >= 0.3 is 5.97 Å². The Kier molecular flexibility index (Phi) is 2.93. The molecule has 1 amide bonds. The van der Waals surface area contributed by atoms with Crippen LogP contribution in [0.4, 0.5) is 0 Å². The molecule has 0 saturated heterocycles. The predicted octanol–water partition coefficient (Wildman–Crippen LogP) is 2.27. The van der Waals surface area contributed by atoms with E-state index in [0.29, 0.717) is 16.7 Å². The summed E-state index contributed by atoms with van der Waals surface area (Å²) in [6.07, 6.45) is 6.77. The van der Waals surface area contributed by atoms with Crippen molar-refractivity contribution in [3.05, 3.63) is 0 Å². The summed E-state index contributed by atoms with van der Waals surface area (Å²) in [6.45, 7) is 4.69. The highest BCUT2D eigenvalue weighted by molar-refractivity contribution is 5.86. The number of hydrogen-bond acceptors (Lipinski definition) is 3. The standard InChI is InChI=1S/C16H25NO3/c1-14-4-11-5-15(2,8-14)10-16(6-11,9-14)13(19)17-7-12(18)20-3/h11H,4-10H2,1-3H3,(H,17,19). The van der Waals surface area contributed by atoms with Gasteiger partial charge in [0.15, 0.2) is 0 Å². The quantitative estimate of drug-likeness (QED) is 0.806. The molecule has 4 bridgehead atoms. The zero-order valence-corrected chi connectivity index (χ0v) is 12.8. The van der Waals surface area contributed by atoms with Gasteiger partial charge in [-0.3, -0.25) is 9.59 Å². The molecule has 4 rings (SSSR count). The van der Waals surface area contributed by atoms with Crippen molar-refractivity contribution in [3.8, 4) is 0 Å². The molecule has 4 heteroatoms. The SMILES string of the molecule is COC(=O)CNC(=O)C12CC3CC(C)(CC(C)(C3)C1)C2. The Labute approximate surface area is 120 Å². The van der Waals surface area contributed by atoms with Gasteiger partial charge in [-0.25, -0.2) is 0 Å². The van der Waals surface area contributed by atoms with Gasteiger partial charge in [-0.05, 0) is 55.3 Å². The Morgan fingerprint density at radius 3 is 2.20 bits per heavy atom. The minimum atomic E-state index is -0.375. The van der Waals surface area contributed by atoms with Gasteiger partial charge in [0.05, 0.1) is 12.5 Å². The van der Waals surface area contributed by atoms with Crippen molar-refractivity contribution in [2.45, 2.75) is 52.4 Å². The van der Waals surface area contributed by atoms with Crippen LogP contribution < -0.4 is 5.32 Å². The van der Waals surface area contributed by atoms with Crippen LogP contribution in [0.3, 0.4) is 0 Å². The Bertz CT molecular complexity index is 441. The van der Waals surface area contributed by atoms with Gasteiger partial charge in [0.1, 0.15) is 6.54 Å². The smallest absolute Gasteiger partial charge is 0.325 e. The van der Waals surface area contributed by atoms with E-state index in [0.717, 1.165) is 19.3 Å². The number of methoxy groups -OCH3 is 1. The van der Waals surface area contributed by atoms with Gasteiger partial charge in [0.25, 0.3) is 0 Å².